The fourth-order valence-corrected chi connectivity index (χ4v) is 4.05. The molecule has 1 aromatic heterocycles. The zero-order valence-corrected chi connectivity index (χ0v) is 20.3. The van der Waals surface area contributed by atoms with Gasteiger partial charge < -0.3 is 19.5 Å². The van der Waals surface area contributed by atoms with Gasteiger partial charge in [-0.1, -0.05) is 5.16 Å². The molecule has 0 saturated carbocycles. The van der Waals surface area contributed by atoms with Crippen LogP contribution in [0.25, 0.3) is 11.3 Å². The van der Waals surface area contributed by atoms with Gasteiger partial charge in [-0.2, -0.15) is 22.0 Å². The first kappa shape index (κ1) is 28.2. The Morgan fingerprint density at radius 1 is 0.974 bits per heavy atom. The summed E-state index contributed by atoms with van der Waals surface area (Å²) in [6, 6.07) is 8.01. The minimum Gasteiger partial charge on any atom is -0.423 e. The van der Waals surface area contributed by atoms with Crippen LogP contribution < -0.4 is 15.0 Å². The quantitative estimate of drug-likeness (QED) is 0.290. The van der Waals surface area contributed by atoms with Gasteiger partial charge in [0.2, 0.25) is 0 Å². The summed E-state index contributed by atoms with van der Waals surface area (Å²) in [6.07, 6.45) is -9.67. The molecule has 0 aliphatic carbocycles. The van der Waals surface area contributed by atoms with E-state index in [1.54, 1.807) is 4.90 Å². The summed E-state index contributed by atoms with van der Waals surface area (Å²) < 4.78 is 100. The molecule has 1 aliphatic rings. The molecule has 2 heterocycles. The molecule has 1 saturated heterocycles. The number of amides is 1. The number of hydrogen-bond donors (Lipinski definition) is 1. The minimum atomic E-state index is -5.96. The zero-order valence-electron chi connectivity index (χ0n) is 20.3. The highest BCUT2D eigenvalue weighted by Crippen LogP contribution is 2.41. The summed E-state index contributed by atoms with van der Waals surface area (Å²) in [5.74, 6) is -2.76. The Morgan fingerprint density at radius 3 is 2.31 bits per heavy atom. The van der Waals surface area contributed by atoms with Crippen LogP contribution in [0.4, 0.5) is 36.4 Å². The lowest BCUT2D eigenvalue weighted by Crippen LogP contribution is -2.47. The van der Waals surface area contributed by atoms with Gasteiger partial charge in [-0.15, -0.1) is 0 Å². The Morgan fingerprint density at radius 2 is 1.64 bits per heavy atom. The summed E-state index contributed by atoms with van der Waals surface area (Å²) in [4.78, 5) is 16.1. The molecule has 0 spiro atoms. The molecule has 2 aromatic carbocycles. The Hall–Kier alpha value is -3.81. The van der Waals surface area contributed by atoms with E-state index in [4.69, 9.17) is 4.52 Å². The number of aromatic nitrogens is 1. The van der Waals surface area contributed by atoms with Gasteiger partial charge in [0.05, 0.1) is 5.69 Å². The first-order valence-corrected chi connectivity index (χ1v) is 11.8. The highest BCUT2D eigenvalue weighted by Gasteiger charge is 2.61. The number of carbonyl (C=O) groups is 1. The topological polar surface area (TPSA) is 70.8 Å². The minimum absolute atomic E-state index is 0.0714. The van der Waals surface area contributed by atoms with Crippen LogP contribution in [0.5, 0.6) is 5.75 Å². The molecule has 1 N–H and O–H groups in total. The van der Waals surface area contributed by atoms with E-state index < -0.39 is 35.6 Å². The third-order valence-corrected chi connectivity index (χ3v) is 6.07. The molecule has 0 atom stereocenters. The maximum atomic E-state index is 13.6. The summed E-state index contributed by atoms with van der Waals surface area (Å²) in [6.45, 7) is 2.32. The molecule has 14 heteroatoms. The van der Waals surface area contributed by atoms with Crippen LogP contribution in [0.3, 0.4) is 0 Å². The Labute approximate surface area is 218 Å². The number of nitrogens with one attached hydrogen (secondary N) is 1. The van der Waals surface area contributed by atoms with Gasteiger partial charge in [-0.05, 0) is 49.4 Å². The van der Waals surface area contributed by atoms with Crippen molar-refractivity contribution in [1.82, 2.24) is 15.4 Å². The van der Waals surface area contributed by atoms with E-state index in [1.165, 1.54) is 30.5 Å². The van der Waals surface area contributed by atoms with Crippen molar-refractivity contribution in [3.63, 3.8) is 0 Å². The SMILES string of the molecule is O=C(NCCCN1CCN(c2ccc(F)cc2OC(F)(F)C(F)(F)F)CC1)c1conc1-c1ccc(F)cc1. The first-order valence-electron chi connectivity index (χ1n) is 11.8. The number of hydrogen-bond acceptors (Lipinski definition) is 6. The molecule has 1 fully saturated rings. The molecule has 4 rings (SSSR count). The molecule has 3 aromatic rings. The molecule has 0 radical (unpaired) electrons. The average molecular weight is 560 g/mol. The lowest BCUT2D eigenvalue weighted by atomic mass is 10.1. The standard InChI is InChI=1S/C25H23F7N4O3/c26-17-4-2-16(3-5-17)22-19(15-38-34-22)23(37)33-8-1-9-35-10-12-36(13-11-35)20-7-6-18(27)14-21(20)39-25(31,32)24(28,29)30/h2-7,14-15H,1,8-13H2,(H,33,37). The smallest absolute Gasteiger partial charge is 0.423 e. The Balaban J connectivity index is 1.26. The number of rotatable bonds is 9. The molecule has 210 valence electrons. The van der Waals surface area contributed by atoms with Crippen molar-refractivity contribution in [2.45, 2.75) is 18.7 Å². The second-order valence-corrected chi connectivity index (χ2v) is 8.75. The van der Waals surface area contributed by atoms with Gasteiger partial charge in [0, 0.05) is 44.4 Å². The molecule has 7 nitrogen and oxygen atoms in total. The predicted molar refractivity (Wildman–Crippen MR) is 126 cm³/mol. The molecular formula is C25H23F7N4O3. The normalized spacial score (nSPS) is 14.9. The monoisotopic (exact) mass is 560 g/mol. The van der Waals surface area contributed by atoms with Crippen molar-refractivity contribution >= 4 is 11.6 Å². The van der Waals surface area contributed by atoms with E-state index in [0.29, 0.717) is 44.2 Å². The van der Waals surface area contributed by atoms with E-state index in [-0.39, 0.29) is 30.0 Å². The van der Waals surface area contributed by atoms with Crippen molar-refractivity contribution in [3.05, 3.63) is 65.9 Å². The van der Waals surface area contributed by atoms with Gasteiger partial charge in [0.15, 0.2) is 5.75 Å². The first-order chi connectivity index (χ1) is 18.4. The molecule has 0 unspecified atom stereocenters. The molecule has 39 heavy (non-hydrogen) atoms. The summed E-state index contributed by atoms with van der Waals surface area (Å²) in [7, 11) is 0. The lowest BCUT2D eigenvalue weighted by Gasteiger charge is -2.37. The van der Waals surface area contributed by atoms with Crippen LogP contribution in [-0.4, -0.2) is 67.5 Å². The van der Waals surface area contributed by atoms with Gasteiger partial charge in [-0.25, -0.2) is 8.78 Å². The van der Waals surface area contributed by atoms with E-state index in [9.17, 15) is 35.5 Å². The fraction of sp³-hybridized carbons (Fsp3) is 0.360. The fourth-order valence-electron chi connectivity index (χ4n) is 4.05. The van der Waals surface area contributed by atoms with E-state index >= 15 is 0 Å². The lowest BCUT2D eigenvalue weighted by molar-refractivity contribution is -0.360. The predicted octanol–water partition coefficient (Wildman–Crippen LogP) is 5.10. The largest absolute Gasteiger partial charge is 0.499 e. The van der Waals surface area contributed by atoms with Gasteiger partial charge in [0.1, 0.15) is 29.2 Å². The second-order valence-electron chi connectivity index (χ2n) is 8.75. The van der Waals surface area contributed by atoms with E-state index in [2.05, 4.69) is 15.2 Å². The number of piperazine rings is 1. The number of alkyl halides is 5. The number of ether oxygens (including phenoxy) is 1. The Kier molecular flexibility index (Phi) is 8.33. The van der Waals surface area contributed by atoms with Crippen molar-refractivity contribution < 1.29 is 44.8 Å². The van der Waals surface area contributed by atoms with Crippen LogP contribution in [0.2, 0.25) is 0 Å². The second kappa shape index (κ2) is 11.5. The average Bonchev–Trinajstić information content (AvgIpc) is 3.37. The molecule has 0 bridgehead atoms. The number of benzene rings is 2. The van der Waals surface area contributed by atoms with Crippen LogP contribution in [0.15, 0.2) is 53.3 Å². The number of anilines is 1. The third-order valence-electron chi connectivity index (χ3n) is 6.07. The maximum absolute atomic E-state index is 13.6. The number of halogens is 7. The van der Waals surface area contributed by atoms with Crippen molar-refractivity contribution in [1.29, 1.82) is 0 Å². The van der Waals surface area contributed by atoms with Gasteiger partial charge in [-0.3, -0.25) is 9.69 Å². The third kappa shape index (κ3) is 6.80. The maximum Gasteiger partial charge on any atom is 0.499 e. The summed E-state index contributed by atoms with van der Waals surface area (Å²) >= 11 is 0. The van der Waals surface area contributed by atoms with Gasteiger partial charge in [0.25, 0.3) is 5.91 Å². The molecule has 1 aliphatic heterocycles. The van der Waals surface area contributed by atoms with Crippen molar-refractivity contribution in [3.8, 4) is 17.0 Å². The van der Waals surface area contributed by atoms with Crippen LogP contribution in [-0.2, 0) is 0 Å². The van der Waals surface area contributed by atoms with Gasteiger partial charge >= 0.3 is 12.3 Å². The molecular weight excluding hydrogens is 537 g/mol. The highest BCUT2D eigenvalue weighted by molar-refractivity contribution is 5.99. The van der Waals surface area contributed by atoms with Crippen LogP contribution in [0.1, 0.15) is 16.8 Å². The van der Waals surface area contributed by atoms with Crippen molar-refractivity contribution in [2.24, 2.45) is 0 Å². The number of nitrogens with zero attached hydrogens (tertiary/aromatic N) is 3. The van der Waals surface area contributed by atoms with Crippen molar-refractivity contribution in [2.75, 3.05) is 44.2 Å². The van der Waals surface area contributed by atoms with E-state index in [0.717, 1.165) is 12.1 Å². The zero-order chi connectivity index (χ0) is 28.2. The molecule has 1 amide bonds. The van der Waals surface area contributed by atoms with E-state index in [1.807, 2.05) is 4.90 Å². The highest BCUT2D eigenvalue weighted by atomic mass is 19.4. The van der Waals surface area contributed by atoms with Crippen LogP contribution >= 0.6 is 0 Å². The van der Waals surface area contributed by atoms with Crippen LogP contribution in [0, 0.1) is 11.6 Å². The summed E-state index contributed by atoms with van der Waals surface area (Å²) in [5.41, 5.74) is 0.923. The Bertz CT molecular complexity index is 1270. The summed E-state index contributed by atoms with van der Waals surface area (Å²) in [5, 5.41) is 6.58. The number of carbonyl (C=O) groups excluding carboxylic acids is 1.